The van der Waals surface area contributed by atoms with Gasteiger partial charge in [-0.25, -0.2) is 20.5 Å². The number of ether oxygens (including phenoxy) is 1. The number of rotatable bonds is 3. The third kappa shape index (κ3) is 4.45. The second-order valence-electron chi connectivity index (χ2n) is 1.16. The second kappa shape index (κ2) is 4.20. The van der Waals surface area contributed by atoms with Crippen LogP contribution in [-0.2, 0) is 29.5 Å². The highest BCUT2D eigenvalue weighted by Gasteiger charge is 1.91. The van der Waals surface area contributed by atoms with Crippen LogP contribution >= 0.6 is 0 Å². The zero-order valence-corrected chi connectivity index (χ0v) is 6.00. The van der Waals surface area contributed by atoms with Gasteiger partial charge in [0.1, 0.15) is 6.29 Å². The van der Waals surface area contributed by atoms with Gasteiger partial charge in [-0.2, -0.15) is 0 Å². The highest BCUT2D eigenvalue weighted by Crippen LogP contribution is 1.81. The van der Waals surface area contributed by atoms with E-state index in [0.29, 0.717) is 0 Å². The Balaban J connectivity index is 3.39. The van der Waals surface area contributed by atoms with Crippen LogP contribution in [0.3, 0.4) is 0 Å². The van der Waals surface area contributed by atoms with E-state index in [1.54, 1.807) is 0 Å². The fraction of sp³-hybridized carbons (Fsp3) is 1.00. The molecule has 0 fully saturated rings. The van der Waals surface area contributed by atoms with E-state index in [9.17, 15) is 4.21 Å². The molecule has 0 aliphatic heterocycles. The van der Waals surface area contributed by atoms with Crippen molar-refractivity contribution in [2.75, 3.05) is 12.9 Å². The van der Waals surface area contributed by atoms with E-state index < -0.39 is 15.6 Å². The Morgan fingerprint density at radius 3 is 2.62 bits per heavy atom. The summed E-state index contributed by atoms with van der Waals surface area (Å²) in [5.41, 5.74) is 0. The predicted octanol–water partition coefficient (Wildman–Crippen LogP) is -0.623. The monoisotopic (exact) mass is 155 g/mol. The molecule has 0 spiro atoms. The summed E-state index contributed by atoms with van der Waals surface area (Å²) in [5, 5.41) is 8.55. The standard InChI is InChI=1S/C3H7O3S2/c1-6-3(4)2-8(5)7/h3-4H,2H2,1H3/q-1. The maximum absolute atomic E-state index is 10.1. The Kier molecular flexibility index (Phi) is 4.35. The molecule has 0 aromatic rings. The topological polar surface area (TPSA) is 46.5 Å². The highest BCUT2D eigenvalue weighted by atomic mass is 32.8. The largest absolute Gasteiger partial charge is 0.451 e. The highest BCUT2D eigenvalue weighted by molar-refractivity contribution is 8.21. The van der Waals surface area contributed by atoms with E-state index in [-0.39, 0.29) is 5.75 Å². The van der Waals surface area contributed by atoms with Crippen LogP contribution in [-0.4, -0.2) is 24.3 Å². The minimum atomic E-state index is -1.39. The number of aliphatic hydroxyl groups excluding tert-OH is 1. The molecular weight excluding hydrogens is 148 g/mol. The smallest absolute Gasteiger partial charge is 0.138 e. The van der Waals surface area contributed by atoms with E-state index in [1.807, 2.05) is 0 Å². The van der Waals surface area contributed by atoms with E-state index in [2.05, 4.69) is 15.9 Å². The minimum Gasteiger partial charge on any atom is -0.451 e. The SMILES string of the molecule is COC(O)C[S-](=O)=S. The van der Waals surface area contributed by atoms with E-state index >= 15 is 0 Å². The van der Waals surface area contributed by atoms with Gasteiger partial charge in [0.2, 0.25) is 0 Å². The van der Waals surface area contributed by atoms with Crippen LogP contribution in [0.15, 0.2) is 0 Å². The molecule has 0 bridgehead atoms. The number of hydrogen-bond acceptors (Lipinski definition) is 5. The van der Waals surface area contributed by atoms with Crippen LogP contribution in [0.1, 0.15) is 0 Å². The molecule has 0 aliphatic carbocycles. The summed E-state index contributed by atoms with van der Waals surface area (Å²) in [6.07, 6.45) is -0.978. The summed E-state index contributed by atoms with van der Waals surface area (Å²) in [5.74, 6) is 0.00579. The zero-order chi connectivity index (χ0) is 6.57. The molecule has 0 rings (SSSR count). The lowest BCUT2D eigenvalue weighted by atomic mass is 10.8. The lowest BCUT2D eigenvalue weighted by molar-refractivity contribution is -0.0549. The first kappa shape index (κ1) is 8.29. The van der Waals surface area contributed by atoms with Crippen LogP contribution in [0.4, 0.5) is 0 Å². The Labute approximate surface area is 54.4 Å². The van der Waals surface area contributed by atoms with Gasteiger partial charge in [-0.15, -0.1) is 0 Å². The van der Waals surface area contributed by atoms with Gasteiger partial charge in [0.15, 0.2) is 0 Å². The molecular formula is C3H7O3S2-. The zero-order valence-electron chi connectivity index (χ0n) is 4.36. The number of aliphatic hydroxyl groups is 1. The lowest BCUT2D eigenvalue weighted by Crippen LogP contribution is -2.14. The molecule has 1 unspecified atom stereocenters. The molecule has 0 saturated heterocycles. The molecule has 5 heteroatoms. The summed E-state index contributed by atoms with van der Waals surface area (Å²) in [6.45, 7) is 0. The summed E-state index contributed by atoms with van der Waals surface area (Å²) in [4.78, 5) is 0. The summed E-state index contributed by atoms with van der Waals surface area (Å²) in [7, 11) is -0.0610. The molecule has 8 heavy (non-hydrogen) atoms. The first-order valence-corrected chi connectivity index (χ1v) is 4.18. The third-order valence-electron chi connectivity index (χ3n) is 0.551. The van der Waals surface area contributed by atoms with E-state index in [1.165, 1.54) is 7.11 Å². The Hall–Kier alpha value is 0.290. The van der Waals surface area contributed by atoms with Crippen molar-refractivity contribution in [1.82, 2.24) is 0 Å². The van der Waals surface area contributed by atoms with Gasteiger partial charge < -0.3 is 14.1 Å². The molecule has 1 N–H and O–H groups in total. The van der Waals surface area contributed by atoms with Gasteiger partial charge in [0, 0.05) is 7.11 Å². The predicted molar refractivity (Wildman–Crippen MR) is 33.3 cm³/mol. The minimum absolute atomic E-state index is 0.00579. The van der Waals surface area contributed by atoms with Crippen LogP contribution in [0.5, 0.6) is 0 Å². The van der Waals surface area contributed by atoms with Gasteiger partial charge in [-0.3, -0.25) is 0 Å². The molecule has 0 amide bonds. The number of methoxy groups -OCH3 is 1. The first-order chi connectivity index (χ1) is 3.66. The fourth-order valence-electron chi connectivity index (χ4n) is 0.184. The molecule has 0 aromatic carbocycles. The summed E-state index contributed by atoms with van der Waals surface area (Å²) >= 11 is 4.25. The van der Waals surface area contributed by atoms with Gasteiger partial charge in [0.05, 0.1) is 0 Å². The molecule has 0 aliphatic rings. The third-order valence-corrected chi connectivity index (χ3v) is 1.52. The van der Waals surface area contributed by atoms with Gasteiger partial charge in [0.25, 0.3) is 0 Å². The van der Waals surface area contributed by atoms with Gasteiger partial charge in [-0.05, 0) is 5.75 Å². The molecule has 0 aromatic heterocycles. The quantitative estimate of drug-likeness (QED) is 0.436. The van der Waals surface area contributed by atoms with Crippen LogP contribution in [0.25, 0.3) is 0 Å². The lowest BCUT2D eigenvalue weighted by Gasteiger charge is -2.07. The van der Waals surface area contributed by atoms with Crippen LogP contribution in [0.2, 0.25) is 0 Å². The molecule has 50 valence electrons. The second-order valence-corrected chi connectivity index (χ2v) is 3.22. The Bertz CT molecular complexity index is 112. The van der Waals surface area contributed by atoms with Crippen molar-refractivity contribution in [3.63, 3.8) is 0 Å². The van der Waals surface area contributed by atoms with Crippen molar-refractivity contribution in [2.24, 2.45) is 0 Å². The van der Waals surface area contributed by atoms with Crippen molar-refractivity contribution in [2.45, 2.75) is 6.29 Å². The molecule has 1 atom stereocenters. The summed E-state index contributed by atoms with van der Waals surface area (Å²) < 4.78 is 14.5. The van der Waals surface area contributed by atoms with Crippen molar-refractivity contribution in [3.05, 3.63) is 0 Å². The average Bonchev–Trinajstić information content (AvgIpc) is 1.65. The van der Waals surface area contributed by atoms with E-state index in [0.717, 1.165) is 0 Å². The van der Waals surface area contributed by atoms with Crippen molar-refractivity contribution >= 4 is 20.5 Å². The van der Waals surface area contributed by atoms with Crippen molar-refractivity contribution in [1.29, 1.82) is 0 Å². The average molecular weight is 155 g/mol. The maximum Gasteiger partial charge on any atom is 0.138 e. The molecule has 0 saturated carbocycles. The van der Waals surface area contributed by atoms with Gasteiger partial charge >= 0.3 is 0 Å². The van der Waals surface area contributed by atoms with Crippen molar-refractivity contribution in [3.8, 4) is 0 Å². The van der Waals surface area contributed by atoms with Crippen LogP contribution in [0, 0.1) is 0 Å². The maximum atomic E-state index is 10.1. The Morgan fingerprint density at radius 1 is 2.00 bits per heavy atom. The number of hydrogen-bond donors (Lipinski definition) is 1. The summed E-state index contributed by atoms with van der Waals surface area (Å²) in [6, 6.07) is 0. The normalized spacial score (nSPS) is 14.4. The fourth-order valence-corrected chi connectivity index (χ4v) is 0.903. The molecule has 0 heterocycles. The van der Waals surface area contributed by atoms with Crippen LogP contribution < -0.4 is 0 Å². The van der Waals surface area contributed by atoms with Gasteiger partial charge in [-0.1, -0.05) is 0 Å². The Morgan fingerprint density at radius 2 is 2.50 bits per heavy atom. The van der Waals surface area contributed by atoms with E-state index in [4.69, 9.17) is 5.11 Å². The molecule has 3 nitrogen and oxygen atoms in total. The molecule has 0 radical (unpaired) electrons. The van der Waals surface area contributed by atoms with Crippen molar-refractivity contribution < 1.29 is 14.1 Å². The first-order valence-electron chi connectivity index (χ1n) is 1.93.